The average molecular weight is 276 g/mol. The van der Waals surface area contributed by atoms with Crippen LogP contribution in [0.15, 0.2) is 54.6 Å². The van der Waals surface area contributed by atoms with E-state index in [0.717, 1.165) is 5.69 Å². The Bertz CT molecular complexity index is 586. The van der Waals surface area contributed by atoms with Crippen LogP contribution in [0.4, 0.5) is 5.69 Å². The van der Waals surface area contributed by atoms with Gasteiger partial charge in [0.05, 0.1) is 0 Å². The molecule has 0 saturated heterocycles. The Kier molecular flexibility index (Phi) is 3.76. The minimum Gasteiger partial charge on any atom is -0.479 e. The number of nitrogens with one attached hydrogen (secondary N) is 1. The summed E-state index contributed by atoms with van der Waals surface area (Å²) in [6, 6.07) is 16.1. The number of carboxylic acid groups (broad SMARTS) is 1. The summed E-state index contributed by atoms with van der Waals surface area (Å²) in [6.45, 7) is 1.62. The number of rotatable bonds is 4. The first-order chi connectivity index (χ1) is 9.02. The van der Waals surface area contributed by atoms with Gasteiger partial charge >= 0.3 is 5.97 Å². The predicted molar refractivity (Wildman–Crippen MR) is 76.5 cm³/mol. The molecule has 2 aromatic rings. The van der Waals surface area contributed by atoms with Crippen LogP contribution in [0.2, 0.25) is 5.02 Å². The SMILES string of the molecule is CC(Nc1ccccc1)(C(=O)O)c1cccc(Cl)c1. The van der Waals surface area contributed by atoms with Gasteiger partial charge in [-0.1, -0.05) is 41.9 Å². The number of hydrogen-bond acceptors (Lipinski definition) is 2. The van der Waals surface area contributed by atoms with Crippen molar-refractivity contribution in [2.24, 2.45) is 0 Å². The first-order valence-corrected chi connectivity index (χ1v) is 6.23. The number of carboxylic acids is 1. The highest BCUT2D eigenvalue weighted by atomic mass is 35.5. The number of anilines is 1. The zero-order valence-corrected chi connectivity index (χ0v) is 11.2. The van der Waals surface area contributed by atoms with Gasteiger partial charge in [0, 0.05) is 10.7 Å². The maximum atomic E-state index is 11.6. The number of carbonyl (C=O) groups is 1. The molecule has 0 aliphatic heterocycles. The lowest BCUT2D eigenvalue weighted by Gasteiger charge is -2.28. The van der Waals surface area contributed by atoms with Crippen molar-refractivity contribution in [2.75, 3.05) is 5.32 Å². The topological polar surface area (TPSA) is 49.3 Å². The summed E-state index contributed by atoms with van der Waals surface area (Å²) in [5.41, 5.74) is 0.121. The van der Waals surface area contributed by atoms with E-state index in [-0.39, 0.29) is 0 Å². The van der Waals surface area contributed by atoms with Crippen LogP contribution in [-0.2, 0) is 10.3 Å². The Labute approximate surface area is 116 Å². The Morgan fingerprint density at radius 1 is 1.16 bits per heavy atom. The summed E-state index contributed by atoms with van der Waals surface area (Å²) >= 11 is 5.94. The van der Waals surface area contributed by atoms with Crippen LogP contribution in [0.3, 0.4) is 0 Å². The lowest BCUT2D eigenvalue weighted by Crippen LogP contribution is -2.40. The van der Waals surface area contributed by atoms with Gasteiger partial charge in [0.15, 0.2) is 5.54 Å². The lowest BCUT2D eigenvalue weighted by atomic mass is 9.91. The molecule has 0 heterocycles. The predicted octanol–water partition coefficient (Wildman–Crippen LogP) is 3.75. The molecule has 1 atom stereocenters. The summed E-state index contributed by atoms with van der Waals surface area (Å²) in [4.78, 5) is 11.6. The zero-order chi connectivity index (χ0) is 13.9. The number of aliphatic carboxylic acids is 1. The fourth-order valence-electron chi connectivity index (χ4n) is 1.86. The molecule has 2 rings (SSSR count). The average Bonchev–Trinajstić information content (AvgIpc) is 2.39. The maximum absolute atomic E-state index is 11.6. The van der Waals surface area contributed by atoms with E-state index in [1.165, 1.54) is 0 Å². The quantitative estimate of drug-likeness (QED) is 0.893. The van der Waals surface area contributed by atoms with Gasteiger partial charge in [0.2, 0.25) is 0 Å². The number of halogens is 1. The van der Waals surface area contributed by atoms with Gasteiger partial charge in [0.1, 0.15) is 0 Å². The van der Waals surface area contributed by atoms with Gasteiger partial charge in [-0.25, -0.2) is 4.79 Å². The molecule has 0 amide bonds. The molecule has 0 radical (unpaired) electrons. The summed E-state index contributed by atoms with van der Waals surface area (Å²) < 4.78 is 0. The van der Waals surface area contributed by atoms with Gasteiger partial charge in [-0.15, -0.1) is 0 Å². The molecule has 0 saturated carbocycles. The number of benzene rings is 2. The first-order valence-electron chi connectivity index (χ1n) is 5.85. The molecule has 98 valence electrons. The van der Waals surface area contributed by atoms with E-state index in [0.29, 0.717) is 10.6 Å². The Morgan fingerprint density at radius 2 is 1.84 bits per heavy atom. The lowest BCUT2D eigenvalue weighted by molar-refractivity contribution is -0.142. The summed E-state index contributed by atoms with van der Waals surface area (Å²) in [5.74, 6) is -0.960. The third kappa shape index (κ3) is 2.88. The fourth-order valence-corrected chi connectivity index (χ4v) is 2.05. The first kappa shape index (κ1) is 13.4. The maximum Gasteiger partial charge on any atom is 0.333 e. The highest BCUT2D eigenvalue weighted by Crippen LogP contribution is 2.28. The molecule has 0 fully saturated rings. The van der Waals surface area contributed by atoms with Crippen LogP contribution in [0.1, 0.15) is 12.5 Å². The van der Waals surface area contributed by atoms with Crippen LogP contribution >= 0.6 is 11.6 Å². The molecule has 2 N–H and O–H groups in total. The van der Waals surface area contributed by atoms with E-state index in [1.54, 1.807) is 31.2 Å². The van der Waals surface area contributed by atoms with E-state index in [1.807, 2.05) is 30.3 Å². The van der Waals surface area contributed by atoms with E-state index < -0.39 is 11.5 Å². The van der Waals surface area contributed by atoms with Gasteiger partial charge in [-0.2, -0.15) is 0 Å². The van der Waals surface area contributed by atoms with Crippen molar-refractivity contribution < 1.29 is 9.90 Å². The van der Waals surface area contributed by atoms with Crippen molar-refractivity contribution in [3.63, 3.8) is 0 Å². The van der Waals surface area contributed by atoms with Crippen molar-refractivity contribution in [1.29, 1.82) is 0 Å². The number of para-hydroxylation sites is 1. The van der Waals surface area contributed by atoms with Gasteiger partial charge in [-0.3, -0.25) is 0 Å². The van der Waals surface area contributed by atoms with E-state index in [2.05, 4.69) is 5.32 Å². The molecule has 0 aliphatic carbocycles. The van der Waals surface area contributed by atoms with Crippen molar-refractivity contribution >= 4 is 23.3 Å². The van der Waals surface area contributed by atoms with E-state index >= 15 is 0 Å². The van der Waals surface area contributed by atoms with Crippen molar-refractivity contribution in [3.05, 3.63) is 65.2 Å². The Hall–Kier alpha value is -2.00. The Morgan fingerprint density at radius 3 is 2.42 bits per heavy atom. The number of hydrogen-bond donors (Lipinski definition) is 2. The van der Waals surface area contributed by atoms with Crippen LogP contribution in [0.25, 0.3) is 0 Å². The van der Waals surface area contributed by atoms with Gasteiger partial charge < -0.3 is 10.4 Å². The highest BCUT2D eigenvalue weighted by molar-refractivity contribution is 6.30. The second-order valence-electron chi connectivity index (χ2n) is 4.43. The van der Waals surface area contributed by atoms with Crippen molar-refractivity contribution in [1.82, 2.24) is 0 Å². The molecular formula is C15H14ClNO2. The molecule has 4 heteroatoms. The normalized spacial score (nSPS) is 13.6. The minimum absolute atomic E-state index is 0.514. The standard InChI is InChI=1S/C15H14ClNO2/c1-15(14(18)19,11-6-5-7-12(16)10-11)17-13-8-3-2-4-9-13/h2-10,17H,1H3,(H,18,19). The van der Waals surface area contributed by atoms with E-state index in [9.17, 15) is 9.90 Å². The van der Waals surface area contributed by atoms with Gasteiger partial charge in [-0.05, 0) is 36.8 Å². The molecular weight excluding hydrogens is 262 g/mol. The molecule has 1 unspecified atom stereocenters. The second-order valence-corrected chi connectivity index (χ2v) is 4.87. The van der Waals surface area contributed by atoms with Crippen molar-refractivity contribution in [3.8, 4) is 0 Å². The van der Waals surface area contributed by atoms with Crippen LogP contribution in [-0.4, -0.2) is 11.1 Å². The van der Waals surface area contributed by atoms with Gasteiger partial charge in [0.25, 0.3) is 0 Å². The largest absolute Gasteiger partial charge is 0.479 e. The van der Waals surface area contributed by atoms with E-state index in [4.69, 9.17) is 11.6 Å². The fraction of sp³-hybridized carbons (Fsp3) is 0.133. The van der Waals surface area contributed by atoms with Crippen LogP contribution in [0.5, 0.6) is 0 Å². The molecule has 0 aliphatic rings. The van der Waals surface area contributed by atoms with Crippen LogP contribution < -0.4 is 5.32 Å². The summed E-state index contributed by atoms with van der Waals surface area (Å²) in [6.07, 6.45) is 0. The second kappa shape index (κ2) is 5.33. The van der Waals surface area contributed by atoms with Crippen LogP contribution in [0, 0.1) is 0 Å². The Balaban J connectivity index is 2.41. The molecule has 2 aromatic carbocycles. The third-order valence-corrected chi connectivity index (χ3v) is 3.23. The molecule has 0 aromatic heterocycles. The smallest absolute Gasteiger partial charge is 0.333 e. The molecule has 0 spiro atoms. The zero-order valence-electron chi connectivity index (χ0n) is 10.4. The molecule has 19 heavy (non-hydrogen) atoms. The van der Waals surface area contributed by atoms with Crippen molar-refractivity contribution in [2.45, 2.75) is 12.5 Å². The summed E-state index contributed by atoms with van der Waals surface area (Å²) in [5, 5.41) is 13.1. The molecule has 3 nitrogen and oxygen atoms in total. The monoisotopic (exact) mass is 275 g/mol. The molecule has 0 bridgehead atoms. The minimum atomic E-state index is -1.23. The highest BCUT2D eigenvalue weighted by Gasteiger charge is 2.35. The third-order valence-electron chi connectivity index (χ3n) is 3.00. The summed E-state index contributed by atoms with van der Waals surface area (Å²) in [7, 11) is 0.